The van der Waals surface area contributed by atoms with Gasteiger partial charge in [0.15, 0.2) is 0 Å². The summed E-state index contributed by atoms with van der Waals surface area (Å²) in [4.78, 5) is 34.8. The summed E-state index contributed by atoms with van der Waals surface area (Å²) in [5, 5.41) is -1.12. The van der Waals surface area contributed by atoms with Crippen molar-refractivity contribution in [2.45, 2.75) is 173 Å². The van der Waals surface area contributed by atoms with Crippen LogP contribution in [0.15, 0.2) is 0 Å². The maximum atomic E-state index is 12.6. The van der Waals surface area contributed by atoms with E-state index < -0.39 is 21.5 Å². The van der Waals surface area contributed by atoms with E-state index in [-0.39, 0.29) is 30.4 Å². The van der Waals surface area contributed by atoms with Crippen molar-refractivity contribution in [1.29, 1.82) is 0 Å². The fraction of sp³-hybridized carbons (Fsp3) is 0.900. The number of carbonyl (C=O) groups excluding carboxylic acids is 3. The molecule has 0 aromatic heterocycles. The van der Waals surface area contributed by atoms with Gasteiger partial charge in [-0.2, -0.15) is 8.42 Å². The van der Waals surface area contributed by atoms with Crippen molar-refractivity contribution in [1.82, 2.24) is 0 Å². The standard InChI is InChI=1S/C30H56O7S/c1-4-5-6-7-8-15-20-25-30(33)37-28(23-18-13-9-11-16-21-26(2)31)29(38(34,35)36)24-19-14-10-12-17-22-27(3)32/h28-29H,4-25H2,1-3H3,(H,34,35,36). The molecule has 0 aromatic carbocycles. The Labute approximate surface area is 233 Å². The summed E-state index contributed by atoms with van der Waals surface area (Å²) in [6.45, 7) is 5.35. The molecule has 38 heavy (non-hydrogen) atoms. The van der Waals surface area contributed by atoms with Gasteiger partial charge in [0, 0.05) is 19.3 Å². The van der Waals surface area contributed by atoms with Crippen LogP contribution in [-0.4, -0.2) is 41.9 Å². The Morgan fingerprint density at radius 1 is 0.605 bits per heavy atom. The van der Waals surface area contributed by atoms with Gasteiger partial charge in [-0.3, -0.25) is 9.35 Å². The van der Waals surface area contributed by atoms with Gasteiger partial charge in [-0.1, -0.05) is 90.4 Å². The van der Waals surface area contributed by atoms with E-state index in [1.54, 1.807) is 13.8 Å². The number of Topliss-reactive ketones (excluding diaryl/α,β-unsaturated/α-hetero) is 2. The van der Waals surface area contributed by atoms with Crippen LogP contribution in [0.3, 0.4) is 0 Å². The molecule has 0 aliphatic heterocycles. The highest BCUT2D eigenvalue weighted by atomic mass is 32.2. The summed E-state index contributed by atoms with van der Waals surface area (Å²) in [6.07, 6.45) is 17.1. The first-order valence-electron chi connectivity index (χ1n) is 15.2. The van der Waals surface area contributed by atoms with E-state index in [0.717, 1.165) is 77.0 Å². The van der Waals surface area contributed by atoms with E-state index in [1.165, 1.54) is 19.3 Å². The highest BCUT2D eigenvalue weighted by Gasteiger charge is 2.34. The Bertz CT molecular complexity index is 733. The van der Waals surface area contributed by atoms with E-state index in [0.29, 0.717) is 32.1 Å². The molecular weight excluding hydrogens is 504 g/mol. The number of ketones is 2. The van der Waals surface area contributed by atoms with E-state index in [4.69, 9.17) is 4.74 Å². The zero-order valence-electron chi connectivity index (χ0n) is 24.5. The summed E-state index contributed by atoms with van der Waals surface area (Å²) < 4.78 is 40.3. The maximum absolute atomic E-state index is 12.6. The summed E-state index contributed by atoms with van der Waals surface area (Å²) >= 11 is 0. The third-order valence-corrected chi connectivity index (χ3v) is 8.40. The quantitative estimate of drug-likeness (QED) is 0.0616. The van der Waals surface area contributed by atoms with Crippen LogP contribution in [0.5, 0.6) is 0 Å². The van der Waals surface area contributed by atoms with Gasteiger partial charge in [-0.05, 0) is 52.4 Å². The zero-order valence-corrected chi connectivity index (χ0v) is 25.3. The third kappa shape index (κ3) is 22.7. The molecule has 7 nitrogen and oxygen atoms in total. The molecule has 0 bridgehead atoms. The molecule has 8 heteroatoms. The van der Waals surface area contributed by atoms with Gasteiger partial charge in [0.2, 0.25) is 0 Å². The lowest BCUT2D eigenvalue weighted by molar-refractivity contribution is -0.149. The second-order valence-corrected chi connectivity index (χ2v) is 12.6. The lowest BCUT2D eigenvalue weighted by Gasteiger charge is -2.25. The van der Waals surface area contributed by atoms with Crippen molar-refractivity contribution in [2.24, 2.45) is 0 Å². The topological polar surface area (TPSA) is 115 Å². The highest BCUT2D eigenvalue weighted by Crippen LogP contribution is 2.23. The number of ether oxygens (including phenoxy) is 1. The molecule has 224 valence electrons. The van der Waals surface area contributed by atoms with Crippen LogP contribution in [0.1, 0.15) is 162 Å². The van der Waals surface area contributed by atoms with Crippen LogP contribution in [0.25, 0.3) is 0 Å². The third-order valence-electron chi connectivity index (χ3n) is 7.10. The van der Waals surface area contributed by atoms with Gasteiger partial charge in [0.05, 0.1) is 0 Å². The maximum Gasteiger partial charge on any atom is 0.306 e. The molecule has 0 spiro atoms. The summed E-state index contributed by atoms with van der Waals surface area (Å²) in [5.74, 6) is -0.0212. The SMILES string of the molecule is CCCCCCCCCC(=O)OC(CCCCCCCC(C)=O)C(CCCCCCCC(C)=O)S(=O)(=O)O. The number of hydrogen-bond donors (Lipinski definition) is 1. The highest BCUT2D eigenvalue weighted by molar-refractivity contribution is 7.86. The normalized spacial score (nSPS) is 13.3. The average molecular weight is 561 g/mol. The first-order chi connectivity index (χ1) is 18.1. The molecule has 0 rings (SSSR count). The number of rotatable bonds is 27. The Morgan fingerprint density at radius 2 is 1.00 bits per heavy atom. The van der Waals surface area contributed by atoms with Gasteiger partial charge < -0.3 is 14.3 Å². The predicted octanol–water partition coefficient (Wildman–Crippen LogP) is 7.93. The van der Waals surface area contributed by atoms with Crippen LogP contribution in [0.2, 0.25) is 0 Å². The molecule has 0 aromatic rings. The Morgan fingerprint density at radius 3 is 1.45 bits per heavy atom. The van der Waals surface area contributed by atoms with Gasteiger partial charge in [-0.15, -0.1) is 0 Å². The van der Waals surface area contributed by atoms with Crippen LogP contribution in [0, 0.1) is 0 Å². The van der Waals surface area contributed by atoms with Crippen molar-refractivity contribution in [3.63, 3.8) is 0 Å². The van der Waals surface area contributed by atoms with Crippen LogP contribution in [0.4, 0.5) is 0 Å². The van der Waals surface area contributed by atoms with Crippen molar-refractivity contribution in [2.75, 3.05) is 0 Å². The fourth-order valence-electron chi connectivity index (χ4n) is 4.80. The van der Waals surface area contributed by atoms with E-state index in [9.17, 15) is 27.4 Å². The zero-order chi connectivity index (χ0) is 28.7. The molecule has 0 saturated heterocycles. The van der Waals surface area contributed by atoms with Gasteiger partial charge in [-0.25, -0.2) is 0 Å². The van der Waals surface area contributed by atoms with E-state index in [1.807, 2.05) is 0 Å². The number of unbranched alkanes of at least 4 members (excludes halogenated alkanes) is 14. The molecule has 2 unspecified atom stereocenters. The predicted molar refractivity (Wildman–Crippen MR) is 154 cm³/mol. The lowest BCUT2D eigenvalue weighted by Crippen LogP contribution is -2.37. The van der Waals surface area contributed by atoms with Crippen LogP contribution in [-0.2, 0) is 29.2 Å². The molecule has 1 N–H and O–H groups in total. The first kappa shape index (κ1) is 36.7. The summed E-state index contributed by atoms with van der Waals surface area (Å²) in [5.41, 5.74) is 0. The van der Waals surface area contributed by atoms with Crippen molar-refractivity contribution in [3.8, 4) is 0 Å². The molecule has 0 radical (unpaired) electrons. The summed E-state index contributed by atoms with van der Waals surface area (Å²) in [7, 11) is -4.38. The second-order valence-electron chi connectivity index (χ2n) is 11.0. The minimum Gasteiger partial charge on any atom is -0.461 e. The van der Waals surface area contributed by atoms with Crippen LogP contribution < -0.4 is 0 Å². The van der Waals surface area contributed by atoms with Crippen molar-refractivity contribution < 1.29 is 32.1 Å². The first-order valence-corrected chi connectivity index (χ1v) is 16.7. The largest absolute Gasteiger partial charge is 0.461 e. The number of carbonyl (C=O) groups is 3. The number of esters is 1. The van der Waals surface area contributed by atoms with Crippen molar-refractivity contribution in [3.05, 3.63) is 0 Å². The van der Waals surface area contributed by atoms with Gasteiger partial charge in [0.25, 0.3) is 10.1 Å². The monoisotopic (exact) mass is 560 g/mol. The van der Waals surface area contributed by atoms with E-state index in [2.05, 4.69) is 6.92 Å². The molecule has 0 aliphatic carbocycles. The summed E-state index contributed by atoms with van der Waals surface area (Å²) in [6, 6.07) is 0. The smallest absolute Gasteiger partial charge is 0.306 e. The van der Waals surface area contributed by atoms with Gasteiger partial charge in [0.1, 0.15) is 22.9 Å². The molecule has 2 atom stereocenters. The minimum atomic E-state index is -4.38. The Kier molecular flexibility index (Phi) is 22.8. The average Bonchev–Trinajstić information content (AvgIpc) is 2.82. The fourth-order valence-corrected chi connectivity index (χ4v) is 5.84. The lowest BCUT2D eigenvalue weighted by atomic mass is 10.0. The molecule has 0 saturated carbocycles. The molecular formula is C30H56O7S. The van der Waals surface area contributed by atoms with Crippen molar-refractivity contribution >= 4 is 27.7 Å². The molecule has 0 heterocycles. The van der Waals surface area contributed by atoms with E-state index >= 15 is 0 Å². The minimum absolute atomic E-state index is 0.177. The number of hydrogen-bond acceptors (Lipinski definition) is 6. The Hall–Kier alpha value is -1.28. The second kappa shape index (κ2) is 23.6. The molecule has 0 aliphatic rings. The van der Waals surface area contributed by atoms with Gasteiger partial charge >= 0.3 is 5.97 Å². The van der Waals surface area contributed by atoms with Crippen LogP contribution >= 0.6 is 0 Å². The molecule has 0 fully saturated rings. The molecule has 0 amide bonds. The Balaban J connectivity index is 4.83.